The highest BCUT2D eigenvalue weighted by molar-refractivity contribution is 5.49. The minimum Gasteiger partial charge on any atom is -0.389 e. The summed E-state index contributed by atoms with van der Waals surface area (Å²) in [6.45, 7) is 3.62. The number of hydrogen-bond acceptors (Lipinski definition) is 1. The second kappa shape index (κ2) is 6.17. The summed E-state index contributed by atoms with van der Waals surface area (Å²) in [6, 6.07) is 9.96. The molecule has 0 spiro atoms. The molecule has 0 radical (unpaired) electrons. The van der Waals surface area contributed by atoms with E-state index in [0.29, 0.717) is 0 Å². The van der Waals surface area contributed by atoms with Crippen LogP contribution in [0.15, 0.2) is 49.1 Å². The van der Waals surface area contributed by atoms with Gasteiger partial charge in [0.25, 0.3) is 0 Å². The third-order valence-electron chi connectivity index (χ3n) is 1.98. The molecule has 1 unspecified atom stereocenters. The van der Waals surface area contributed by atoms with E-state index in [1.54, 1.807) is 0 Å². The van der Waals surface area contributed by atoms with Crippen molar-refractivity contribution in [2.24, 2.45) is 0 Å². The lowest BCUT2D eigenvalue weighted by Gasteiger charge is -2.01. The van der Waals surface area contributed by atoms with Gasteiger partial charge in [0, 0.05) is 0 Å². The molecule has 0 saturated heterocycles. The highest BCUT2D eigenvalue weighted by Gasteiger charge is 1.95. The molecule has 0 aliphatic rings. The van der Waals surface area contributed by atoms with Gasteiger partial charge in [-0.15, -0.1) is 6.58 Å². The van der Waals surface area contributed by atoms with E-state index >= 15 is 0 Å². The lowest BCUT2D eigenvalue weighted by atomic mass is 10.1. The van der Waals surface area contributed by atoms with Crippen molar-refractivity contribution >= 4 is 6.08 Å². The van der Waals surface area contributed by atoms with E-state index in [0.717, 1.165) is 18.4 Å². The van der Waals surface area contributed by atoms with Crippen LogP contribution in [0, 0.1) is 0 Å². The summed E-state index contributed by atoms with van der Waals surface area (Å²) < 4.78 is 0. The molecule has 1 nitrogen and oxygen atoms in total. The molecule has 0 fully saturated rings. The molecule has 1 aromatic carbocycles. The molecule has 0 aliphatic carbocycles. The molecule has 0 aliphatic heterocycles. The molecule has 0 aromatic heterocycles. The maximum absolute atomic E-state index is 9.51. The molecule has 14 heavy (non-hydrogen) atoms. The third-order valence-corrected chi connectivity index (χ3v) is 1.98. The molecule has 0 saturated carbocycles. The molecule has 1 rings (SSSR count). The van der Waals surface area contributed by atoms with Gasteiger partial charge in [0.2, 0.25) is 0 Å². The Kier molecular flexibility index (Phi) is 4.73. The average Bonchev–Trinajstić information content (AvgIpc) is 2.25. The zero-order chi connectivity index (χ0) is 10.2. The first kappa shape index (κ1) is 10.7. The topological polar surface area (TPSA) is 20.2 Å². The zero-order valence-electron chi connectivity index (χ0n) is 8.26. The molecule has 1 aromatic rings. The van der Waals surface area contributed by atoms with Gasteiger partial charge in [-0.2, -0.15) is 0 Å². The summed E-state index contributed by atoms with van der Waals surface area (Å²) in [5.41, 5.74) is 1.12. The molecule has 1 N–H and O–H groups in total. The van der Waals surface area contributed by atoms with E-state index in [2.05, 4.69) is 6.58 Å². The molecule has 0 heterocycles. The molecule has 74 valence electrons. The maximum Gasteiger partial charge on any atom is 0.0727 e. The second-order valence-electron chi connectivity index (χ2n) is 3.20. The van der Waals surface area contributed by atoms with Gasteiger partial charge < -0.3 is 5.11 Å². The fourth-order valence-corrected chi connectivity index (χ4v) is 1.17. The second-order valence-corrected chi connectivity index (χ2v) is 3.20. The van der Waals surface area contributed by atoms with E-state index in [1.807, 2.05) is 48.6 Å². The highest BCUT2D eigenvalue weighted by atomic mass is 16.3. The summed E-state index contributed by atoms with van der Waals surface area (Å²) in [5.74, 6) is 0. The van der Waals surface area contributed by atoms with Gasteiger partial charge in [0.15, 0.2) is 0 Å². The van der Waals surface area contributed by atoms with E-state index < -0.39 is 0 Å². The summed E-state index contributed by atoms with van der Waals surface area (Å²) in [4.78, 5) is 0. The Balaban J connectivity index is 2.43. The number of rotatable bonds is 5. The van der Waals surface area contributed by atoms with Crippen molar-refractivity contribution in [3.05, 3.63) is 54.6 Å². The number of aliphatic hydroxyl groups excluding tert-OH is 1. The van der Waals surface area contributed by atoms with Crippen LogP contribution in [0.4, 0.5) is 0 Å². The standard InChI is InChI=1S/C13H16O/c1-2-3-9-13(14)11-10-12-7-5-4-6-8-12/h2,4-8,10-11,13-14H,1,3,9H2/b11-10+. The smallest absolute Gasteiger partial charge is 0.0727 e. The Hall–Kier alpha value is -1.34. The summed E-state index contributed by atoms with van der Waals surface area (Å²) in [7, 11) is 0. The van der Waals surface area contributed by atoms with E-state index in [4.69, 9.17) is 0 Å². The first-order chi connectivity index (χ1) is 6.83. The van der Waals surface area contributed by atoms with Crippen LogP contribution in [0.25, 0.3) is 6.08 Å². The molecular formula is C13H16O. The first-order valence-electron chi connectivity index (χ1n) is 4.85. The monoisotopic (exact) mass is 188 g/mol. The van der Waals surface area contributed by atoms with Crippen LogP contribution in [0.1, 0.15) is 18.4 Å². The van der Waals surface area contributed by atoms with Crippen LogP contribution < -0.4 is 0 Å². The lowest BCUT2D eigenvalue weighted by Crippen LogP contribution is -2.00. The van der Waals surface area contributed by atoms with Crippen LogP contribution in [0.3, 0.4) is 0 Å². The normalized spacial score (nSPS) is 12.9. The van der Waals surface area contributed by atoms with E-state index in [9.17, 15) is 5.11 Å². The zero-order valence-corrected chi connectivity index (χ0v) is 8.26. The van der Waals surface area contributed by atoms with Crippen LogP contribution in [0.5, 0.6) is 0 Å². The minimum atomic E-state index is -0.367. The Bertz CT molecular complexity index is 287. The quantitative estimate of drug-likeness (QED) is 0.704. The molecule has 0 bridgehead atoms. The summed E-state index contributed by atoms with van der Waals surface area (Å²) in [6.07, 6.45) is 6.80. The van der Waals surface area contributed by atoms with Gasteiger partial charge >= 0.3 is 0 Å². The molecular weight excluding hydrogens is 172 g/mol. The third kappa shape index (κ3) is 4.06. The van der Waals surface area contributed by atoms with Gasteiger partial charge in [0.05, 0.1) is 6.10 Å². The van der Waals surface area contributed by atoms with Crippen molar-refractivity contribution in [2.75, 3.05) is 0 Å². The van der Waals surface area contributed by atoms with Crippen molar-refractivity contribution in [3.8, 4) is 0 Å². The van der Waals surface area contributed by atoms with Gasteiger partial charge in [-0.1, -0.05) is 48.6 Å². The Morgan fingerprint density at radius 3 is 2.64 bits per heavy atom. The first-order valence-corrected chi connectivity index (χ1v) is 4.85. The lowest BCUT2D eigenvalue weighted by molar-refractivity contribution is 0.215. The fourth-order valence-electron chi connectivity index (χ4n) is 1.17. The fraction of sp³-hybridized carbons (Fsp3) is 0.231. The molecule has 1 heteroatoms. The van der Waals surface area contributed by atoms with Gasteiger partial charge in [-0.05, 0) is 18.4 Å². The van der Waals surface area contributed by atoms with Crippen LogP contribution >= 0.6 is 0 Å². The average molecular weight is 188 g/mol. The van der Waals surface area contributed by atoms with Crippen LogP contribution in [-0.2, 0) is 0 Å². The molecule has 1 atom stereocenters. The Morgan fingerprint density at radius 2 is 2.00 bits per heavy atom. The largest absolute Gasteiger partial charge is 0.389 e. The van der Waals surface area contributed by atoms with Gasteiger partial charge in [-0.3, -0.25) is 0 Å². The number of aliphatic hydroxyl groups is 1. The SMILES string of the molecule is C=CCCC(O)/C=C/c1ccccc1. The van der Waals surface area contributed by atoms with Crippen molar-refractivity contribution in [1.82, 2.24) is 0 Å². The predicted octanol–water partition coefficient (Wildman–Crippen LogP) is 3.03. The van der Waals surface area contributed by atoms with Crippen LogP contribution in [0.2, 0.25) is 0 Å². The summed E-state index contributed by atoms with van der Waals surface area (Å²) >= 11 is 0. The minimum absolute atomic E-state index is 0.367. The van der Waals surface area contributed by atoms with Gasteiger partial charge in [0.1, 0.15) is 0 Å². The van der Waals surface area contributed by atoms with Crippen molar-refractivity contribution in [1.29, 1.82) is 0 Å². The number of allylic oxidation sites excluding steroid dienone is 1. The van der Waals surface area contributed by atoms with Crippen molar-refractivity contribution < 1.29 is 5.11 Å². The predicted molar refractivity (Wildman–Crippen MR) is 60.9 cm³/mol. The van der Waals surface area contributed by atoms with Crippen LogP contribution in [-0.4, -0.2) is 11.2 Å². The Morgan fingerprint density at radius 1 is 1.29 bits per heavy atom. The van der Waals surface area contributed by atoms with Crippen molar-refractivity contribution in [2.45, 2.75) is 18.9 Å². The summed E-state index contributed by atoms with van der Waals surface area (Å²) in [5, 5.41) is 9.51. The number of benzene rings is 1. The Labute approximate surface area is 85.4 Å². The highest BCUT2D eigenvalue weighted by Crippen LogP contribution is 2.05. The number of hydrogen-bond donors (Lipinski definition) is 1. The van der Waals surface area contributed by atoms with Crippen molar-refractivity contribution in [3.63, 3.8) is 0 Å². The van der Waals surface area contributed by atoms with E-state index in [-0.39, 0.29) is 6.10 Å². The van der Waals surface area contributed by atoms with Gasteiger partial charge in [-0.25, -0.2) is 0 Å². The maximum atomic E-state index is 9.51. The molecule has 0 amide bonds. The van der Waals surface area contributed by atoms with E-state index in [1.165, 1.54) is 0 Å².